The molecule has 0 spiro atoms. The van der Waals surface area contributed by atoms with E-state index in [0.29, 0.717) is 12.1 Å². The molecule has 0 aliphatic carbocycles. The van der Waals surface area contributed by atoms with Crippen molar-refractivity contribution < 1.29 is 0 Å². The highest BCUT2D eigenvalue weighted by Gasteiger charge is 2.38. The predicted molar refractivity (Wildman–Crippen MR) is 52.2 cm³/mol. The average molecular weight is 174 g/mol. The molecule has 68 valence electrons. The summed E-state index contributed by atoms with van der Waals surface area (Å²) in [4.78, 5) is 2.50. The van der Waals surface area contributed by atoms with E-state index in [2.05, 4.69) is 29.2 Å². The summed E-state index contributed by atoms with van der Waals surface area (Å²) >= 11 is 0. The molecule has 2 unspecified atom stereocenters. The van der Waals surface area contributed by atoms with Crippen molar-refractivity contribution in [3.05, 3.63) is 35.4 Å². The van der Waals surface area contributed by atoms with Crippen LogP contribution in [0.25, 0.3) is 0 Å². The van der Waals surface area contributed by atoms with E-state index in [4.69, 9.17) is 5.73 Å². The van der Waals surface area contributed by atoms with Crippen LogP contribution in [-0.2, 0) is 6.54 Å². The molecule has 2 heterocycles. The number of nitrogens with two attached hydrogens (primary N) is 1. The Morgan fingerprint density at radius 1 is 1.31 bits per heavy atom. The van der Waals surface area contributed by atoms with Gasteiger partial charge >= 0.3 is 0 Å². The molecule has 1 aromatic rings. The van der Waals surface area contributed by atoms with Gasteiger partial charge in [-0.25, -0.2) is 0 Å². The maximum Gasteiger partial charge on any atom is 0.0506 e. The third-order valence-electron chi connectivity index (χ3n) is 3.30. The molecule has 1 aromatic carbocycles. The molecule has 1 fully saturated rings. The summed E-state index contributed by atoms with van der Waals surface area (Å²) in [6.45, 7) is 2.27. The van der Waals surface area contributed by atoms with E-state index in [0.717, 1.165) is 13.0 Å². The molecule has 3 rings (SSSR count). The molecule has 0 bridgehead atoms. The SMILES string of the molecule is NC1CCN2Cc3ccccc3C12. The Balaban J connectivity index is 2.08. The third-order valence-corrected chi connectivity index (χ3v) is 3.30. The van der Waals surface area contributed by atoms with Gasteiger partial charge < -0.3 is 5.73 Å². The van der Waals surface area contributed by atoms with Crippen LogP contribution < -0.4 is 5.73 Å². The van der Waals surface area contributed by atoms with Crippen molar-refractivity contribution in [3.63, 3.8) is 0 Å². The standard InChI is InChI=1S/C11H14N2/c12-10-5-6-13-7-8-3-1-2-4-9(8)11(10)13/h1-4,10-11H,5-7,12H2. The zero-order chi connectivity index (χ0) is 8.84. The van der Waals surface area contributed by atoms with Gasteiger partial charge in [-0.1, -0.05) is 24.3 Å². The second-order valence-electron chi connectivity index (χ2n) is 4.07. The summed E-state index contributed by atoms with van der Waals surface area (Å²) in [6.07, 6.45) is 1.15. The Kier molecular flexibility index (Phi) is 1.49. The normalized spacial score (nSPS) is 31.8. The lowest BCUT2D eigenvalue weighted by Crippen LogP contribution is -2.26. The van der Waals surface area contributed by atoms with Gasteiger partial charge in [-0.3, -0.25) is 4.90 Å². The van der Waals surface area contributed by atoms with Crippen LogP contribution in [0.4, 0.5) is 0 Å². The minimum absolute atomic E-state index is 0.351. The fraction of sp³-hybridized carbons (Fsp3) is 0.455. The number of benzene rings is 1. The Morgan fingerprint density at radius 2 is 2.15 bits per heavy atom. The van der Waals surface area contributed by atoms with Crippen LogP contribution in [0, 0.1) is 0 Å². The highest BCUT2D eigenvalue weighted by molar-refractivity contribution is 5.36. The monoisotopic (exact) mass is 174 g/mol. The van der Waals surface area contributed by atoms with Crippen molar-refractivity contribution >= 4 is 0 Å². The van der Waals surface area contributed by atoms with Crippen LogP contribution in [0.5, 0.6) is 0 Å². The van der Waals surface area contributed by atoms with Crippen molar-refractivity contribution in [2.24, 2.45) is 5.73 Å². The summed E-state index contributed by atoms with van der Waals surface area (Å²) in [6, 6.07) is 9.55. The molecule has 2 aliphatic heterocycles. The second kappa shape index (κ2) is 2.56. The van der Waals surface area contributed by atoms with Crippen LogP contribution in [0.1, 0.15) is 23.6 Å². The largest absolute Gasteiger partial charge is 0.326 e. The van der Waals surface area contributed by atoms with E-state index in [1.807, 2.05) is 0 Å². The number of hydrogen-bond acceptors (Lipinski definition) is 2. The maximum absolute atomic E-state index is 6.09. The van der Waals surface area contributed by atoms with Gasteiger partial charge in [-0.05, 0) is 17.5 Å². The van der Waals surface area contributed by atoms with E-state index in [-0.39, 0.29) is 0 Å². The molecular formula is C11H14N2. The van der Waals surface area contributed by atoms with Gasteiger partial charge in [0.15, 0.2) is 0 Å². The van der Waals surface area contributed by atoms with Gasteiger partial charge in [0.25, 0.3) is 0 Å². The summed E-state index contributed by atoms with van der Waals surface area (Å²) < 4.78 is 0. The topological polar surface area (TPSA) is 29.3 Å². The van der Waals surface area contributed by atoms with Crippen molar-refractivity contribution in [1.82, 2.24) is 4.90 Å². The van der Waals surface area contributed by atoms with E-state index >= 15 is 0 Å². The van der Waals surface area contributed by atoms with Crippen molar-refractivity contribution in [2.45, 2.75) is 25.0 Å². The van der Waals surface area contributed by atoms with Crippen molar-refractivity contribution in [3.8, 4) is 0 Å². The highest BCUT2D eigenvalue weighted by Crippen LogP contribution is 2.39. The van der Waals surface area contributed by atoms with Crippen molar-refractivity contribution in [2.75, 3.05) is 6.54 Å². The van der Waals surface area contributed by atoms with Gasteiger partial charge in [0.05, 0.1) is 6.04 Å². The second-order valence-corrected chi connectivity index (χ2v) is 4.07. The van der Waals surface area contributed by atoms with E-state index < -0.39 is 0 Å². The minimum atomic E-state index is 0.351. The first kappa shape index (κ1) is 7.54. The van der Waals surface area contributed by atoms with E-state index in [1.165, 1.54) is 17.7 Å². The zero-order valence-electron chi connectivity index (χ0n) is 7.61. The molecule has 2 atom stereocenters. The Morgan fingerprint density at radius 3 is 3.08 bits per heavy atom. The molecule has 0 radical (unpaired) electrons. The smallest absolute Gasteiger partial charge is 0.0506 e. The minimum Gasteiger partial charge on any atom is -0.326 e. The maximum atomic E-state index is 6.09. The quantitative estimate of drug-likeness (QED) is 0.642. The van der Waals surface area contributed by atoms with E-state index in [9.17, 15) is 0 Å². The number of rotatable bonds is 0. The van der Waals surface area contributed by atoms with Gasteiger partial charge in [-0.15, -0.1) is 0 Å². The number of hydrogen-bond donors (Lipinski definition) is 1. The lowest BCUT2D eigenvalue weighted by Gasteiger charge is -2.17. The molecule has 2 nitrogen and oxygen atoms in total. The van der Waals surface area contributed by atoms with Crippen LogP contribution in [-0.4, -0.2) is 17.5 Å². The summed E-state index contributed by atoms with van der Waals surface area (Å²) in [5.41, 5.74) is 9.03. The van der Waals surface area contributed by atoms with Crippen LogP contribution in [0.15, 0.2) is 24.3 Å². The van der Waals surface area contributed by atoms with Gasteiger partial charge in [-0.2, -0.15) is 0 Å². The lowest BCUT2D eigenvalue weighted by molar-refractivity contribution is 0.271. The Hall–Kier alpha value is -0.860. The van der Waals surface area contributed by atoms with Crippen LogP contribution in [0.2, 0.25) is 0 Å². The molecule has 2 heteroatoms. The van der Waals surface area contributed by atoms with E-state index in [1.54, 1.807) is 0 Å². The Labute approximate surface area is 78.3 Å². The number of nitrogens with zero attached hydrogens (tertiary/aromatic N) is 1. The third kappa shape index (κ3) is 0.960. The molecule has 0 aromatic heterocycles. The first-order chi connectivity index (χ1) is 6.36. The molecule has 1 saturated heterocycles. The Bertz CT molecular complexity index is 335. The number of fused-ring (bicyclic) bond motifs is 3. The lowest BCUT2D eigenvalue weighted by atomic mass is 10.00. The highest BCUT2D eigenvalue weighted by atomic mass is 15.2. The average Bonchev–Trinajstić information content (AvgIpc) is 2.66. The molecule has 2 aliphatic rings. The summed E-state index contributed by atoms with van der Waals surface area (Å²) in [5, 5.41) is 0. The fourth-order valence-electron chi connectivity index (χ4n) is 2.67. The van der Waals surface area contributed by atoms with Gasteiger partial charge in [0.2, 0.25) is 0 Å². The summed E-state index contributed by atoms with van der Waals surface area (Å²) in [7, 11) is 0. The molecule has 0 amide bonds. The predicted octanol–water partition coefficient (Wildman–Crippen LogP) is 1.27. The molecule has 13 heavy (non-hydrogen) atoms. The fourth-order valence-corrected chi connectivity index (χ4v) is 2.67. The molecule has 0 saturated carbocycles. The first-order valence-electron chi connectivity index (χ1n) is 4.94. The van der Waals surface area contributed by atoms with Crippen LogP contribution in [0.3, 0.4) is 0 Å². The van der Waals surface area contributed by atoms with Crippen molar-refractivity contribution in [1.29, 1.82) is 0 Å². The molecular weight excluding hydrogens is 160 g/mol. The van der Waals surface area contributed by atoms with Crippen LogP contribution >= 0.6 is 0 Å². The first-order valence-corrected chi connectivity index (χ1v) is 4.94. The zero-order valence-corrected chi connectivity index (χ0v) is 7.61. The summed E-state index contributed by atoms with van der Waals surface area (Å²) in [5.74, 6) is 0. The van der Waals surface area contributed by atoms with Gasteiger partial charge in [0, 0.05) is 19.1 Å². The molecule has 2 N–H and O–H groups in total. The van der Waals surface area contributed by atoms with Gasteiger partial charge in [0.1, 0.15) is 0 Å².